The molecule has 0 amide bonds. The van der Waals surface area contributed by atoms with Crippen molar-refractivity contribution in [2.45, 2.75) is 19.3 Å². The van der Waals surface area contributed by atoms with Gasteiger partial charge in [0.2, 0.25) is 0 Å². The highest BCUT2D eigenvalue weighted by atomic mass is 19.1. The van der Waals surface area contributed by atoms with E-state index < -0.39 is 5.82 Å². The largest absolute Gasteiger partial charge is 0.396 e. The van der Waals surface area contributed by atoms with Crippen molar-refractivity contribution in [3.05, 3.63) is 35.1 Å². The highest BCUT2D eigenvalue weighted by Gasteiger charge is 2.15. The molecule has 0 fully saturated rings. The van der Waals surface area contributed by atoms with E-state index in [4.69, 9.17) is 10.4 Å². The monoisotopic (exact) mass is 193 g/mol. The summed E-state index contributed by atoms with van der Waals surface area (Å²) < 4.78 is 13.6. The Morgan fingerprint density at radius 2 is 2.29 bits per heavy atom. The topological polar surface area (TPSA) is 44.0 Å². The van der Waals surface area contributed by atoms with Gasteiger partial charge in [0.25, 0.3) is 0 Å². The molecule has 1 rings (SSSR count). The molecule has 1 N–H and O–H groups in total. The van der Waals surface area contributed by atoms with Crippen LogP contribution in [0.1, 0.15) is 30.4 Å². The zero-order chi connectivity index (χ0) is 10.6. The van der Waals surface area contributed by atoms with Crippen molar-refractivity contribution in [3.63, 3.8) is 0 Å². The van der Waals surface area contributed by atoms with Gasteiger partial charge in [-0.2, -0.15) is 5.26 Å². The summed E-state index contributed by atoms with van der Waals surface area (Å²) >= 11 is 0. The SMILES string of the molecule is CCC(CO)c1cccc(C#N)c1F. The first-order chi connectivity index (χ1) is 6.74. The van der Waals surface area contributed by atoms with E-state index in [0.29, 0.717) is 12.0 Å². The Hall–Kier alpha value is -1.40. The van der Waals surface area contributed by atoms with E-state index in [-0.39, 0.29) is 18.1 Å². The maximum atomic E-state index is 13.6. The molecule has 3 heteroatoms. The van der Waals surface area contributed by atoms with Gasteiger partial charge in [0.15, 0.2) is 0 Å². The number of hydrogen-bond donors (Lipinski definition) is 1. The fraction of sp³-hybridized carbons (Fsp3) is 0.364. The second kappa shape index (κ2) is 4.73. The lowest BCUT2D eigenvalue weighted by Gasteiger charge is -2.13. The molecule has 1 unspecified atom stereocenters. The van der Waals surface area contributed by atoms with Crippen LogP contribution >= 0.6 is 0 Å². The Labute approximate surface area is 82.6 Å². The fourth-order valence-electron chi connectivity index (χ4n) is 1.40. The molecule has 14 heavy (non-hydrogen) atoms. The molecule has 1 aromatic carbocycles. The smallest absolute Gasteiger partial charge is 0.144 e. The molecule has 0 aliphatic heterocycles. The van der Waals surface area contributed by atoms with Crippen LogP contribution in [-0.4, -0.2) is 11.7 Å². The van der Waals surface area contributed by atoms with E-state index >= 15 is 0 Å². The molecule has 0 bridgehead atoms. The average Bonchev–Trinajstić information content (AvgIpc) is 2.22. The van der Waals surface area contributed by atoms with Gasteiger partial charge >= 0.3 is 0 Å². The summed E-state index contributed by atoms with van der Waals surface area (Å²) in [5.74, 6) is -0.723. The summed E-state index contributed by atoms with van der Waals surface area (Å²) in [5.41, 5.74) is 0.462. The van der Waals surface area contributed by atoms with Crippen molar-refractivity contribution >= 4 is 0 Å². The highest BCUT2D eigenvalue weighted by molar-refractivity contribution is 5.36. The Bertz CT molecular complexity index is 353. The van der Waals surface area contributed by atoms with E-state index in [1.54, 1.807) is 18.2 Å². The minimum absolute atomic E-state index is 0.0365. The molecule has 1 aromatic rings. The number of halogens is 1. The third-order valence-corrected chi connectivity index (χ3v) is 2.30. The molecule has 0 heterocycles. The summed E-state index contributed by atoms with van der Waals surface area (Å²) in [6, 6.07) is 6.46. The minimum atomic E-state index is -0.504. The molecular formula is C11H12FNO. The predicted molar refractivity (Wildman–Crippen MR) is 51.2 cm³/mol. The predicted octanol–water partition coefficient (Wildman–Crippen LogP) is 2.18. The lowest BCUT2D eigenvalue weighted by atomic mass is 9.95. The first kappa shape index (κ1) is 10.7. The molecule has 0 radical (unpaired) electrons. The first-order valence-electron chi connectivity index (χ1n) is 4.54. The zero-order valence-corrected chi connectivity index (χ0v) is 8.00. The van der Waals surface area contributed by atoms with Crippen molar-refractivity contribution in [2.75, 3.05) is 6.61 Å². The Morgan fingerprint density at radius 3 is 2.79 bits per heavy atom. The molecule has 0 aliphatic rings. The van der Waals surface area contributed by atoms with Crippen LogP contribution in [-0.2, 0) is 0 Å². The molecule has 2 nitrogen and oxygen atoms in total. The van der Waals surface area contributed by atoms with E-state index in [1.165, 1.54) is 6.07 Å². The zero-order valence-electron chi connectivity index (χ0n) is 8.00. The third kappa shape index (κ3) is 1.91. The van der Waals surface area contributed by atoms with Crippen molar-refractivity contribution in [2.24, 2.45) is 0 Å². The van der Waals surface area contributed by atoms with Crippen LogP contribution in [0.2, 0.25) is 0 Å². The summed E-state index contributed by atoms with van der Waals surface area (Å²) in [4.78, 5) is 0. The Balaban J connectivity index is 3.15. The Morgan fingerprint density at radius 1 is 1.57 bits per heavy atom. The summed E-state index contributed by atoms with van der Waals surface area (Å²) in [5, 5.41) is 17.6. The second-order valence-electron chi connectivity index (χ2n) is 3.11. The lowest BCUT2D eigenvalue weighted by Crippen LogP contribution is -2.06. The number of aliphatic hydroxyl groups excluding tert-OH is 1. The second-order valence-corrected chi connectivity index (χ2v) is 3.11. The maximum absolute atomic E-state index is 13.6. The number of hydrogen-bond acceptors (Lipinski definition) is 2. The number of aliphatic hydroxyl groups is 1. The van der Waals surface area contributed by atoms with Gasteiger partial charge in [-0.3, -0.25) is 0 Å². The van der Waals surface area contributed by atoms with Crippen LogP contribution in [0, 0.1) is 17.1 Å². The van der Waals surface area contributed by atoms with Gasteiger partial charge in [0.1, 0.15) is 11.9 Å². The van der Waals surface area contributed by atoms with E-state index in [2.05, 4.69) is 0 Å². The standard InChI is InChI=1S/C11H12FNO/c1-2-8(7-14)10-5-3-4-9(6-13)11(10)12/h3-5,8,14H,2,7H2,1H3. The van der Waals surface area contributed by atoms with Crippen LogP contribution in [0.25, 0.3) is 0 Å². The quantitative estimate of drug-likeness (QED) is 0.799. The molecule has 0 saturated heterocycles. The number of nitrogens with zero attached hydrogens (tertiary/aromatic N) is 1. The van der Waals surface area contributed by atoms with Gasteiger partial charge in [-0.25, -0.2) is 4.39 Å². The average molecular weight is 193 g/mol. The number of benzene rings is 1. The van der Waals surface area contributed by atoms with Gasteiger partial charge in [0.05, 0.1) is 12.2 Å². The molecule has 0 aromatic heterocycles. The van der Waals surface area contributed by atoms with Crippen LogP contribution in [0.5, 0.6) is 0 Å². The highest BCUT2D eigenvalue weighted by Crippen LogP contribution is 2.23. The Kier molecular flexibility index (Phi) is 3.61. The minimum Gasteiger partial charge on any atom is -0.396 e. The van der Waals surface area contributed by atoms with Gasteiger partial charge in [0, 0.05) is 5.92 Å². The van der Waals surface area contributed by atoms with E-state index in [1.807, 2.05) is 6.92 Å². The molecule has 0 aliphatic carbocycles. The van der Waals surface area contributed by atoms with E-state index in [9.17, 15) is 4.39 Å². The van der Waals surface area contributed by atoms with Crippen molar-refractivity contribution in [1.29, 1.82) is 5.26 Å². The summed E-state index contributed by atoms with van der Waals surface area (Å²) in [6.07, 6.45) is 0.655. The molecule has 0 spiro atoms. The first-order valence-corrected chi connectivity index (χ1v) is 4.54. The van der Waals surface area contributed by atoms with Crippen molar-refractivity contribution < 1.29 is 9.50 Å². The van der Waals surface area contributed by atoms with Crippen molar-refractivity contribution in [3.8, 4) is 6.07 Å². The molecule has 1 atom stereocenters. The van der Waals surface area contributed by atoms with Gasteiger partial charge in [-0.1, -0.05) is 19.1 Å². The van der Waals surface area contributed by atoms with Gasteiger partial charge in [-0.05, 0) is 18.1 Å². The van der Waals surface area contributed by atoms with Gasteiger partial charge in [-0.15, -0.1) is 0 Å². The molecular weight excluding hydrogens is 181 g/mol. The maximum Gasteiger partial charge on any atom is 0.144 e. The summed E-state index contributed by atoms with van der Waals surface area (Å²) in [6.45, 7) is 1.78. The lowest BCUT2D eigenvalue weighted by molar-refractivity contribution is 0.259. The fourth-order valence-corrected chi connectivity index (χ4v) is 1.40. The normalized spacial score (nSPS) is 12.1. The van der Waals surface area contributed by atoms with Crippen molar-refractivity contribution in [1.82, 2.24) is 0 Å². The molecule has 74 valence electrons. The van der Waals surface area contributed by atoms with Crippen LogP contribution < -0.4 is 0 Å². The van der Waals surface area contributed by atoms with Crippen LogP contribution in [0.4, 0.5) is 4.39 Å². The third-order valence-electron chi connectivity index (χ3n) is 2.30. The van der Waals surface area contributed by atoms with Crippen LogP contribution in [0.3, 0.4) is 0 Å². The van der Waals surface area contributed by atoms with Crippen LogP contribution in [0.15, 0.2) is 18.2 Å². The number of nitriles is 1. The molecule has 0 saturated carbocycles. The summed E-state index contributed by atoms with van der Waals surface area (Å²) in [7, 11) is 0. The van der Waals surface area contributed by atoms with Gasteiger partial charge < -0.3 is 5.11 Å². The van der Waals surface area contributed by atoms with E-state index in [0.717, 1.165) is 0 Å². The number of rotatable bonds is 3.